The van der Waals surface area contributed by atoms with Crippen LogP contribution < -0.4 is 4.74 Å². The van der Waals surface area contributed by atoms with Gasteiger partial charge in [0.25, 0.3) is 0 Å². The van der Waals surface area contributed by atoms with Crippen LogP contribution >= 0.6 is 11.3 Å². The number of hydrogen-bond donors (Lipinski definition) is 0. The van der Waals surface area contributed by atoms with Gasteiger partial charge < -0.3 is 4.74 Å². The van der Waals surface area contributed by atoms with Crippen molar-refractivity contribution in [3.05, 3.63) is 101 Å². The third-order valence-electron chi connectivity index (χ3n) is 4.63. The molecule has 0 aliphatic heterocycles. The zero-order valence-electron chi connectivity index (χ0n) is 15.6. The molecule has 0 aliphatic rings. The molecule has 3 aromatic carbocycles. The SMILES string of the molecule is CC(=O)c1ccc(-c2sccc2-c2ccccc2OCc2ccccc2)cc1. The number of carbonyl (C=O) groups excluding carboxylic acids is 1. The summed E-state index contributed by atoms with van der Waals surface area (Å²) in [6.45, 7) is 2.12. The Morgan fingerprint density at radius 2 is 1.54 bits per heavy atom. The van der Waals surface area contributed by atoms with E-state index in [1.807, 2.05) is 60.7 Å². The van der Waals surface area contributed by atoms with Crippen LogP contribution in [0.1, 0.15) is 22.8 Å². The molecule has 0 saturated carbocycles. The van der Waals surface area contributed by atoms with Gasteiger partial charge in [-0.25, -0.2) is 0 Å². The van der Waals surface area contributed by atoms with Crippen LogP contribution in [0.3, 0.4) is 0 Å². The summed E-state index contributed by atoms with van der Waals surface area (Å²) < 4.78 is 6.15. The van der Waals surface area contributed by atoms with Gasteiger partial charge >= 0.3 is 0 Å². The average Bonchev–Trinajstić information content (AvgIpc) is 3.23. The third-order valence-corrected chi connectivity index (χ3v) is 5.60. The number of thiophene rings is 1. The van der Waals surface area contributed by atoms with Crippen LogP contribution in [0.2, 0.25) is 0 Å². The zero-order chi connectivity index (χ0) is 19.3. The summed E-state index contributed by atoms with van der Waals surface area (Å²) in [6.07, 6.45) is 0. The highest BCUT2D eigenvalue weighted by molar-refractivity contribution is 7.14. The van der Waals surface area contributed by atoms with Crippen LogP contribution in [0, 0.1) is 0 Å². The fourth-order valence-electron chi connectivity index (χ4n) is 3.15. The van der Waals surface area contributed by atoms with Gasteiger partial charge in [0.1, 0.15) is 12.4 Å². The Kier molecular flexibility index (Phi) is 5.36. The van der Waals surface area contributed by atoms with Gasteiger partial charge in [-0.1, -0.05) is 72.8 Å². The smallest absolute Gasteiger partial charge is 0.159 e. The fourth-order valence-corrected chi connectivity index (χ4v) is 4.07. The molecule has 0 fully saturated rings. The Hall–Kier alpha value is -3.17. The monoisotopic (exact) mass is 384 g/mol. The number of rotatable bonds is 6. The minimum Gasteiger partial charge on any atom is -0.488 e. The topological polar surface area (TPSA) is 26.3 Å². The minimum absolute atomic E-state index is 0.0811. The molecule has 0 bridgehead atoms. The fraction of sp³-hybridized carbons (Fsp3) is 0.0800. The lowest BCUT2D eigenvalue weighted by Crippen LogP contribution is -1.96. The van der Waals surface area contributed by atoms with Crippen molar-refractivity contribution in [1.82, 2.24) is 0 Å². The van der Waals surface area contributed by atoms with E-state index in [0.717, 1.165) is 33.6 Å². The molecule has 0 radical (unpaired) electrons. The van der Waals surface area contributed by atoms with E-state index < -0.39 is 0 Å². The first-order chi connectivity index (χ1) is 13.7. The molecule has 0 amide bonds. The van der Waals surface area contributed by atoms with Gasteiger partial charge in [0.05, 0.1) is 0 Å². The molecular weight excluding hydrogens is 364 g/mol. The van der Waals surface area contributed by atoms with Crippen LogP contribution in [0.4, 0.5) is 0 Å². The lowest BCUT2D eigenvalue weighted by molar-refractivity contribution is 0.101. The average molecular weight is 385 g/mol. The summed E-state index contributed by atoms with van der Waals surface area (Å²) in [5.74, 6) is 0.948. The predicted molar refractivity (Wildman–Crippen MR) is 116 cm³/mol. The van der Waals surface area contributed by atoms with E-state index in [-0.39, 0.29) is 5.78 Å². The van der Waals surface area contributed by atoms with Crippen molar-refractivity contribution in [2.45, 2.75) is 13.5 Å². The van der Waals surface area contributed by atoms with Crippen LogP contribution in [0.15, 0.2) is 90.3 Å². The first-order valence-electron chi connectivity index (χ1n) is 9.17. The molecular formula is C25H20O2S. The van der Waals surface area contributed by atoms with Gasteiger partial charge in [-0.05, 0) is 35.6 Å². The first kappa shape index (κ1) is 18.2. The van der Waals surface area contributed by atoms with Gasteiger partial charge in [0.15, 0.2) is 5.78 Å². The minimum atomic E-state index is 0.0811. The number of benzene rings is 3. The second-order valence-corrected chi connectivity index (χ2v) is 7.48. The number of ketones is 1. The summed E-state index contributed by atoms with van der Waals surface area (Å²) in [6, 6.07) is 28.2. The summed E-state index contributed by atoms with van der Waals surface area (Å²) in [5, 5.41) is 2.09. The van der Waals surface area contributed by atoms with Crippen molar-refractivity contribution in [3.63, 3.8) is 0 Å². The highest BCUT2D eigenvalue weighted by Crippen LogP contribution is 2.40. The van der Waals surface area contributed by atoms with Gasteiger partial charge in [-0.3, -0.25) is 4.79 Å². The Morgan fingerprint density at radius 3 is 2.29 bits per heavy atom. The Balaban J connectivity index is 1.65. The van der Waals surface area contributed by atoms with Crippen LogP contribution in [-0.4, -0.2) is 5.78 Å². The van der Waals surface area contributed by atoms with E-state index in [4.69, 9.17) is 4.74 Å². The van der Waals surface area contributed by atoms with Crippen molar-refractivity contribution in [3.8, 4) is 27.3 Å². The molecule has 3 heteroatoms. The predicted octanol–water partition coefficient (Wildman–Crippen LogP) is 6.86. The molecule has 0 unspecified atom stereocenters. The lowest BCUT2D eigenvalue weighted by atomic mass is 10.0. The van der Waals surface area contributed by atoms with Crippen LogP contribution in [-0.2, 0) is 6.61 Å². The summed E-state index contributed by atoms with van der Waals surface area (Å²) in [4.78, 5) is 12.7. The van der Waals surface area contributed by atoms with E-state index in [0.29, 0.717) is 6.61 Å². The van der Waals surface area contributed by atoms with Crippen molar-refractivity contribution < 1.29 is 9.53 Å². The normalized spacial score (nSPS) is 10.6. The standard InChI is InChI=1S/C25H20O2S/c1-18(26)20-11-13-21(14-12-20)25-23(15-16-28-25)22-9-5-6-10-24(22)27-17-19-7-3-2-4-8-19/h2-16H,17H2,1H3. The molecule has 4 aromatic rings. The molecule has 0 atom stereocenters. The van der Waals surface area contributed by atoms with E-state index >= 15 is 0 Å². The summed E-state index contributed by atoms with van der Waals surface area (Å²) in [5.41, 5.74) is 5.19. The highest BCUT2D eigenvalue weighted by atomic mass is 32.1. The molecule has 0 N–H and O–H groups in total. The molecule has 4 rings (SSSR count). The van der Waals surface area contributed by atoms with Gasteiger partial charge in [0.2, 0.25) is 0 Å². The lowest BCUT2D eigenvalue weighted by Gasteiger charge is -2.12. The quantitative estimate of drug-likeness (QED) is 0.339. The molecule has 0 saturated heterocycles. The second kappa shape index (κ2) is 8.24. The third kappa shape index (κ3) is 3.90. The maximum absolute atomic E-state index is 11.6. The first-order valence-corrected chi connectivity index (χ1v) is 10.1. The van der Waals surface area contributed by atoms with E-state index in [1.54, 1.807) is 18.3 Å². The number of carbonyl (C=O) groups is 1. The second-order valence-electron chi connectivity index (χ2n) is 6.57. The molecule has 138 valence electrons. The van der Waals surface area contributed by atoms with Gasteiger partial charge in [-0.2, -0.15) is 0 Å². The van der Waals surface area contributed by atoms with Crippen molar-refractivity contribution in [2.24, 2.45) is 0 Å². The Labute approximate surface area is 169 Å². The van der Waals surface area contributed by atoms with Crippen molar-refractivity contribution in [1.29, 1.82) is 0 Å². The molecule has 1 heterocycles. The van der Waals surface area contributed by atoms with Crippen LogP contribution in [0.25, 0.3) is 21.6 Å². The van der Waals surface area contributed by atoms with Crippen molar-refractivity contribution in [2.75, 3.05) is 0 Å². The molecule has 1 aromatic heterocycles. The largest absolute Gasteiger partial charge is 0.488 e. The summed E-state index contributed by atoms with van der Waals surface area (Å²) >= 11 is 1.69. The molecule has 0 spiro atoms. The Bertz CT molecular complexity index is 1080. The van der Waals surface area contributed by atoms with Gasteiger partial charge in [-0.15, -0.1) is 11.3 Å². The van der Waals surface area contributed by atoms with E-state index in [9.17, 15) is 4.79 Å². The number of hydrogen-bond acceptors (Lipinski definition) is 3. The highest BCUT2D eigenvalue weighted by Gasteiger charge is 2.14. The maximum Gasteiger partial charge on any atom is 0.159 e. The maximum atomic E-state index is 11.6. The van der Waals surface area contributed by atoms with Crippen molar-refractivity contribution >= 4 is 17.1 Å². The number of para-hydroxylation sites is 1. The number of ether oxygens (including phenoxy) is 1. The van der Waals surface area contributed by atoms with E-state index in [1.165, 1.54) is 4.88 Å². The van der Waals surface area contributed by atoms with Crippen LogP contribution in [0.5, 0.6) is 5.75 Å². The molecule has 0 aliphatic carbocycles. The zero-order valence-corrected chi connectivity index (χ0v) is 16.4. The van der Waals surface area contributed by atoms with E-state index in [2.05, 4.69) is 29.6 Å². The van der Waals surface area contributed by atoms with Gasteiger partial charge in [0, 0.05) is 21.6 Å². The molecule has 2 nitrogen and oxygen atoms in total. The molecule has 28 heavy (non-hydrogen) atoms. The number of Topliss-reactive ketones (excluding diaryl/α,β-unsaturated/α-hetero) is 1. The summed E-state index contributed by atoms with van der Waals surface area (Å²) in [7, 11) is 0. The Morgan fingerprint density at radius 1 is 0.821 bits per heavy atom.